The quantitative estimate of drug-likeness (QED) is 0.741. The highest BCUT2D eigenvalue weighted by atomic mass is 16.2. The molecule has 110 valence electrons. The van der Waals surface area contributed by atoms with E-state index in [0.29, 0.717) is 25.2 Å². The Bertz CT molecular complexity index is 442. The minimum absolute atomic E-state index is 0.165. The maximum absolute atomic E-state index is 11.8. The van der Waals surface area contributed by atoms with Gasteiger partial charge in [-0.15, -0.1) is 0 Å². The van der Waals surface area contributed by atoms with Crippen molar-refractivity contribution in [1.82, 2.24) is 10.2 Å². The molecule has 1 aromatic carbocycles. The van der Waals surface area contributed by atoms with Gasteiger partial charge in [-0.3, -0.25) is 4.90 Å². The predicted molar refractivity (Wildman–Crippen MR) is 81.6 cm³/mol. The Morgan fingerprint density at radius 2 is 2.05 bits per heavy atom. The Labute approximate surface area is 120 Å². The van der Waals surface area contributed by atoms with Crippen molar-refractivity contribution in [2.75, 3.05) is 18.9 Å². The number of rotatable bonds is 6. The number of carbonyl (C=O) groups is 1. The molecule has 0 aliphatic heterocycles. The molecule has 5 nitrogen and oxygen atoms in total. The molecule has 1 aromatic rings. The Kier molecular flexibility index (Phi) is 4.98. The van der Waals surface area contributed by atoms with E-state index < -0.39 is 0 Å². The van der Waals surface area contributed by atoms with Crippen LogP contribution in [0.25, 0.3) is 0 Å². The van der Waals surface area contributed by atoms with Crippen LogP contribution in [0, 0.1) is 0 Å². The summed E-state index contributed by atoms with van der Waals surface area (Å²) in [5.41, 5.74) is 7.37. The van der Waals surface area contributed by atoms with E-state index in [1.54, 1.807) is 0 Å². The minimum atomic E-state index is -0.165. The fraction of sp³-hybridized carbons (Fsp3) is 0.533. The van der Waals surface area contributed by atoms with Crippen LogP contribution in [-0.2, 0) is 6.54 Å². The molecule has 2 amide bonds. The number of urea groups is 1. The van der Waals surface area contributed by atoms with Crippen molar-refractivity contribution in [3.05, 3.63) is 29.8 Å². The molecule has 5 heteroatoms. The zero-order valence-corrected chi connectivity index (χ0v) is 12.2. The standard InChI is InChI=1S/C15H24N4O/c1-11(19(2)14-7-8-14)10-17-15(20)18-13-5-3-12(9-16)4-6-13/h3-6,11,14H,7-10,16H2,1-2H3,(H2,17,18,20). The fourth-order valence-electron chi connectivity index (χ4n) is 2.13. The number of carbonyl (C=O) groups excluding carboxylic acids is 1. The van der Waals surface area contributed by atoms with Crippen LogP contribution in [-0.4, -0.2) is 36.6 Å². The molecule has 1 saturated carbocycles. The summed E-state index contributed by atoms with van der Waals surface area (Å²) >= 11 is 0. The lowest BCUT2D eigenvalue weighted by Crippen LogP contribution is -2.42. The van der Waals surface area contributed by atoms with E-state index in [4.69, 9.17) is 5.73 Å². The van der Waals surface area contributed by atoms with E-state index in [9.17, 15) is 4.79 Å². The highest BCUT2D eigenvalue weighted by Gasteiger charge is 2.29. The summed E-state index contributed by atoms with van der Waals surface area (Å²) in [4.78, 5) is 14.1. The van der Waals surface area contributed by atoms with Crippen molar-refractivity contribution in [3.63, 3.8) is 0 Å². The van der Waals surface area contributed by atoms with Crippen LogP contribution in [0.1, 0.15) is 25.3 Å². The second kappa shape index (κ2) is 6.72. The second-order valence-electron chi connectivity index (χ2n) is 5.48. The average molecular weight is 276 g/mol. The zero-order valence-electron chi connectivity index (χ0n) is 12.2. The molecule has 1 aliphatic carbocycles. The van der Waals surface area contributed by atoms with Crippen molar-refractivity contribution in [2.45, 2.75) is 38.4 Å². The average Bonchev–Trinajstić information content (AvgIpc) is 3.29. The van der Waals surface area contributed by atoms with Crippen LogP contribution < -0.4 is 16.4 Å². The molecule has 0 bridgehead atoms. The van der Waals surface area contributed by atoms with E-state index >= 15 is 0 Å². The van der Waals surface area contributed by atoms with Crippen molar-refractivity contribution in [1.29, 1.82) is 0 Å². The van der Waals surface area contributed by atoms with Crippen LogP contribution in [0.4, 0.5) is 10.5 Å². The third-order valence-corrected chi connectivity index (χ3v) is 3.82. The molecule has 20 heavy (non-hydrogen) atoms. The third kappa shape index (κ3) is 4.21. The molecular weight excluding hydrogens is 252 g/mol. The number of nitrogens with two attached hydrogens (primary N) is 1. The first-order valence-corrected chi connectivity index (χ1v) is 7.16. The molecule has 4 N–H and O–H groups in total. The van der Waals surface area contributed by atoms with Crippen molar-refractivity contribution >= 4 is 11.7 Å². The predicted octanol–water partition coefficient (Wildman–Crippen LogP) is 1.75. The Morgan fingerprint density at radius 1 is 1.40 bits per heavy atom. The molecule has 1 fully saturated rings. The lowest BCUT2D eigenvalue weighted by Gasteiger charge is -2.24. The molecule has 1 aliphatic rings. The lowest BCUT2D eigenvalue weighted by atomic mass is 10.2. The van der Waals surface area contributed by atoms with Gasteiger partial charge in [0.2, 0.25) is 0 Å². The maximum atomic E-state index is 11.8. The van der Waals surface area contributed by atoms with E-state index in [1.165, 1.54) is 12.8 Å². The molecule has 0 aromatic heterocycles. The highest BCUT2D eigenvalue weighted by Crippen LogP contribution is 2.26. The monoisotopic (exact) mass is 276 g/mol. The minimum Gasteiger partial charge on any atom is -0.336 e. The van der Waals surface area contributed by atoms with Gasteiger partial charge >= 0.3 is 6.03 Å². The maximum Gasteiger partial charge on any atom is 0.319 e. The molecule has 0 radical (unpaired) electrons. The van der Waals surface area contributed by atoms with Gasteiger partial charge in [-0.1, -0.05) is 12.1 Å². The van der Waals surface area contributed by atoms with Gasteiger partial charge in [0.1, 0.15) is 0 Å². The Hall–Kier alpha value is -1.59. The number of anilines is 1. The molecule has 0 heterocycles. The number of hydrogen-bond acceptors (Lipinski definition) is 3. The van der Waals surface area contributed by atoms with Gasteiger partial charge in [0, 0.05) is 30.9 Å². The van der Waals surface area contributed by atoms with Crippen molar-refractivity contribution < 1.29 is 4.79 Å². The smallest absolute Gasteiger partial charge is 0.319 e. The first-order valence-electron chi connectivity index (χ1n) is 7.16. The molecule has 0 saturated heterocycles. The first kappa shape index (κ1) is 14.8. The van der Waals surface area contributed by atoms with Crippen molar-refractivity contribution in [3.8, 4) is 0 Å². The van der Waals surface area contributed by atoms with E-state index in [0.717, 1.165) is 11.3 Å². The Balaban J connectivity index is 1.73. The van der Waals surface area contributed by atoms with Gasteiger partial charge in [-0.2, -0.15) is 0 Å². The summed E-state index contributed by atoms with van der Waals surface area (Å²) in [7, 11) is 2.12. The molecule has 0 spiro atoms. The van der Waals surface area contributed by atoms with Gasteiger partial charge in [-0.05, 0) is 44.5 Å². The number of hydrogen-bond donors (Lipinski definition) is 3. The van der Waals surface area contributed by atoms with Gasteiger partial charge in [0.15, 0.2) is 0 Å². The first-order chi connectivity index (χ1) is 9.60. The normalized spacial score (nSPS) is 16.0. The SMILES string of the molecule is CC(CNC(=O)Nc1ccc(CN)cc1)N(C)C1CC1. The van der Waals surface area contributed by atoms with Crippen molar-refractivity contribution in [2.24, 2.45) is 5.73 Å². The summed E-state index contributed by atoms with van der Waals surface area (Å²) < 4.78 is 0. The lowest BCUT2D eigenvalue weighted by molar-refractivity contribution is 0.229. The Morgan fingerprint density at radius 3 is 2.60 bits per heavy atom. The number of nitrogens with one attached hydrogen (secondary N) is 2. The number of likely N-dealkylation sites (N-methyl/N-ethyl adjacent to an activating group) is 1. The topological polar surface area (TPSA) is 70.4 Å². The van der Waals surface area contributed by atoms with Gasteiger partial charge in [-0.25, -0.2) is 4.79 Å². The summed E-state index contributed by atoms with van der Waals surface area (Å²) in [5, 5.41) is 5.73. The number of amides is 2. The van der Waals surface area contributed by atoms with Gasteiger partial charge in [0.05, 0.1) is 0 Å². The summed E-state index contributed by atoms with van der Waals surface area (Å²) in [6.45, 7) is 3.30. The molecule has 1 atom stereocenters. The zero-order chi connectivity index (χ0) is 14.5. The highest BCUT2D eigenvalue weighted by molar-refractivity contribution is 5.89. The summed E-state index contributed by atoms with van der Waals surface area (Å²) in [6.07, 6.45) is 2.56. The van der Waals surface area contributed by atoms with E-state index in [-0.39, 0.29) is 6.03 Å². The van der Waals surface area contributed by atoms with Gasteiger partial charge in [0.25, 0.3) is 0 Å². The molecule has 2 rings (SSSR count). The largest absolute Gasteiger partial charge is 0.336 e. The van der Waals surface area contributed by atoms with E-state index in [1.807, 2.05) is 24.3 Å². The van der Waals surface area contributed by atoms with Crippen LogP contribution >= 0.6 is 0 Å². The van der Waals surface area contributed by atoms with Crippen LogP contribution in [0.15, 0.2) is 24.3 Å². The van der Waals surface area contributed by atoms with Crippen LogP contribution in [0.3, 0.4) is 0 Å². The van der Waals surface area contributed by atoms with Gasteiger partial charge < -0.3 is 16.4 Å². The second-order valence-corrected chi connectivity index (χ2v) is 5.48. The van der Waals surface area contributed by atoms with Crippen LogP contribution in [0.2, 0.25) is 0 Å². The third-order valence-electron chi connectivity index (χ3n) is 3.82. The number of nitrogens with zero attached hydrogens (tertiary/aromatic N) is 1. The molecular formula is C15H24N4O. The number of benzene rings is 1. The summed E-state index contributed by atoms with van der Waals surface area (Å²) in [6, 6.07) is 8.45. The molecule has 1 unspecified atom stereocenters. The van der Waals surface area contributed by atoms with Crippen LogP contribution in [0.5, 0.6) is 0 Å². The van der Waals surface area contributed by atoms with E-state index in [2.05, 4.69) is 29.5 Å². The summed E-state index contributed by atoms with van der Waals surface area (Å²) in [5.74, 6) is 0. The fourth-order valence-corrected chi connectivity index (χ4v) is 2.13.